The Morgan fingerprint density at radius 2 is 1.77 bits per heavy atom. The Morgan fingerprint density at radius 1 is 1.00 bits per heavy atom. The van der Waals surface area contributed by atoms with Crippen LogP contribution in [0.2, 0.25) is 0 Å². The van der Waals surface area contributed by atoms with Crippen molar-refractivity contribution in [2.45, 2.75) is 6.92 Å². The van der Waals surface area contributed by atoms with Gasteiger partial charge in [-0.2, -0.15) is 0 Å². The number of ether oxygens (including phenoxy) is 2. The maximum atomic E-state index is 12.4. The molecule has 0 spiro atoms. The number of imidazole rings is 1. The number of rotatable bonds is 9. The van der Waals surface area contributed by atoms with Crippen LogP contribution in [0, 0.1) is 0 Å². The van der Waals surface area contributed by atoms with Crippen LogP contribution < -0.4 is 4.90 Å². The minimum atomic E-state index is -0.340. The van der Waals surface area contributed by atoms with E-state index in [4.69, 9.17) is 9.47 Å². The minimum Gasteiger partial charge on any atom is -0.465 e. The highest BCUT2D eigenvalue weighted by Gasteiger charge is 2.20. The number of benzene rings is 2. The molecule has 1 fully saturated rings. The van der Waals surface area contributed by atoms with E-state index in [2.05, 4.69) is 26.9 Å². The van der Waals surface area contributed by atoms with Crippen LogP contribution in [0.5, 0.6) is 0 Å². The molecule has 4 rings (SSSR count). The van der Waals surface area contributed by atoms with E-state index in [1.54, 1.807) is 18.5 Å². The molecule has 0 N–H and O–H groups in total. The van der Waals surface area contributed by atoms with Crippen molar-refractivity contribution in [3.05, 3.63) is 54.4 Å². The van der Waals surface area contributed by atoms with Crippen LogP contribution >= 0.6 is 0 Å². The molecule has 2 heterocycles. The summed E-state index contributed by atoms with van der Waals surface area (Å²) in [4.78, 5) is 35.1. The molecule has 1 saturated heterocycles. The maximum Gasteiger partial charge on any atom is 0.338 e. The molecule has 0 unspecified atom stereocenters. The fourth-order valence-corrected chi connectivity index (χ4v) is 4.14. The Balaban J connectivity index is 1.44. The third kappa shape index (κ3) is 6.17. The number of hydrogen-bond donors (Lipinski definition) is 0. The van der Waals surface area contributed by atoms with Crippen molar-refractivity contribution in [2.24, 2.45) is 0 Å². The summed E-state index contributed by atoms with van der Waals surface area (Å²) in [6.45, 7) is 6.91. The molecule has 2 aromatic carbocycles. The van der Waals surface area contributed by atoms with Gasteiger partial charge in [0.15, 0.2) is 0 Å². The average Bonchev–Trinajstić information content (AvgIpc) is 3.28. The van der Waals surface area contributed by atoms with Gasteiger partial charge in [0.1, 0.15) is 12.9 Å². The molecule has 0 radical (unpaired) electrons. The first-order chi connectivity index (χ1) is 16.9. The number of anilines is 1. The van der Waals surface area contributed by atoms with Gasteiger partial charge in [0.05, 0.1) is 29.7 Å². The summed E-state index contributed by atoms with van der Waals surface area (Å²) in [7, 11) is 3.88. The van der Waals surface area contributed by atoms with Crippen molar-refractivity contribution in [1.29, 1.82) is 0 Å². The molecule has 1 aliphatic rings. The summed E-state index contributed by atoms with van der Waals surface area (Å²) < 4.78 is 12.4. The van der Waals surface area contributed by atoms with Crippen LogP contribution in [0.3, 0.4) is 0 Å². The van der Waals surface area contributed by atoms with Crippen molar-refractivity contribution in [1.82, 2.24) is 19.4 Å². The monoisotopic (exact) mass is 479 g/mol. The zero-order chi connectivity index (χ0) is 24.8. The maximum absolute atomic E-state index is 12.4. The van der Waals surface area contributed by atoms with Gasteiger partial charge in [0.25, 0.3) is 0 Å². The Labute approximate surface area is 205 Å². The molecule has 186 valence electrons. The topological polar surface area (TPSA) is 80.1 Å². The first-order valence-corrected chi connectivity index (χ1v) is 12.0. The fraction of sp³-hybridized carbons (Fsp3) is 0.423. The number of fused-ring (bicyclic) bond motifs is 1. The highest BCUT2D eigenvalue weighted by Crippen LogP contribution is 2.24. The fourth-order valence-electron chi connectivity index (χ4n) is 4.14. The van der Waals surface area contributed by atoms with Gasteiger partial charge < -0.3 is 19.3 Å². The first-order valence-electron chi connectivity index (χ1n) is 12.0. The van der Waals surface area contributed by atoms with E-state index in [0.29, 0.717) is 31.9 Å². The van der Waals surface area contributed by atoms with Gasteiger partial charge in [-0.05, 0) is 57.4 Å². The van der Waals surface area contributed by atoms with E-state index < -0.39 is 0 Å². The molecule has 0 atom stereocenters. The standard InChI is InChI=1S/C26H33N5O4/c1-4-34-25(32)18-29-10-12-30(13-11-29)21-6-5-7-22(17-21)31-19-27-23-16-20(8-9-24(23)31)26(33)35-15-14-28(2)3/h5-9,16-17,19H,4,10-15,18H2,1-3H3. The smallest absolute Gasteiger partial charge is 0.338 e. The predicted octanol–water partition coefficient (Wildman–Crippen LogP) is 2.43. The Kier molecular flexibility index (Phi) is 7.99. The molecule has 3 aromatic rings. The summed E-state index contributed by atoms with van der Waals surface area (Å²) >= 11 is 0. The van der Waals surface area contributed by atoms with Gasteiger partial charge in [0, 0.05) is 44.1 Å². The SMILES string of the molecule is CCOC(=O)CN1CCN(c2cccc(-n3cnc4cc(C(=O)OCCN(C)C)ccc43)c2)CC1. The van der Waals surface area contributed by atoms with Crippen molar-refractivity contribution >= 4 is 28.7 Å². The van der Waals surface area contributed by atoms with Crippen molar-refractivity contribution < 1.29 is 19.1 Å². The van der Waals surface area contributed by atoms with Crippen LogP contribution in [0.15, 0.2) is 48.8 Å². The van der Waals surface area contributed by atoms with E-state index in [1.165, 1.54) is 0 Å². The van der Waals surface area contributed by atoms with Crippen LogP contribution in [0.1, 0.15) is 17.3 Å². The summed E-state index contributed by atoms with van der Waals surface area (Å²) in [6.07, 6.45) is 1.78. The molecule has 35 heavy (non-hydrogen) atoms. The molecule has 1 aliphatic heterocycles. The lowest BCUT2D eigenvalue weighted by Crippen LogP contribution is -2.48. The average molecular weight is 480 g/mol. The summed E-state index contributed by atoms with van der Waals surface area (Å²) in [5.41, 5.74) is 4.29. The van der Waals surface area contributed by atoms with E-state index in [9.17, 15) is 9.59 Å². The van der Waals surface area contributed by atoms with E-state index >= 15 is 0 Å². The van der Waals surface area contributed by atoms with Gasteiger partial charge >= 0.3 is 11.9 Å². The van der Waals surface area contributed by atoms with Gasteiger partial charge in [-0.25, -0.2) is 9.78 Å². The van der Waals surface area contributed by atoms with Crippen LogP contribution in [0.25, 0.3) is 16.7 Å². The third-order valence-corrected chi connectivity index (χ3v) is 6.06. The van der Waals surface area contributed by atoms with Crippen LogP contribution in [-0.4, -0.2) is 97.9 Å². The number of esters is 2. The summed E-state index contributed by atoms with van der Waals surface area (Å²) in [5.74, 6) is -0.507. The summed E-state index contributed by atoms with van der Waals surface area (Å²) in [5, 5.41) is 0. The lowest BCUT2D eigenvalue weighted by molar-refractivity contribution is -0.144. The van der Waals surface area contributed by atoms with Gasteiger partial charge in [0.2, 0.25) is 0 Å². The second-order valence-corrected chi connectivity index (χ2v) is 8.85. The quantitative estimate of drug-likeness (QED) is 0.433. The van der Waals surface area contributed by atoms with Gasteiger partial charge in [-0.15, -0.1) is 0 Å². The Bertz CT molecular complexity index is 1170. The van der Waals surface area contributed by atoms with E-state index in [-0.39, 0.29) is 11.9 Å². The van der Waals surface area contributed by atoms with Crippen LogP contribution in [0.4, 0.5) is 5.69 Å². The van der Waals surface area contributed by atoms with Crippen molar-refractivity contribution in [3.8, 4) is 5.69 Å². The predicted molar refractivity (Wildman–Crippen MR) is 135 cm³/mol. The number of carbonyl (C=O) groups excluding carboxylic acids is 2. The molecule has 9 nitrogen and oxygen atoms in total. The highest BCUT2D eigenvalue weighted by atomic mass is 16.5. The lowest BCUT2D eigenvalue weighted by atomic mass is 10.2. The van der Waals surface area contributed by atoms with E-state index in [0.717, 1.165) is 48.6 Å². The summed E-state index contributed by atoms with van der Waals surface area (Å²) in [6, 6.07) is 13.8. The number of piperazine rings is 1. The zero-order valence-electron chi connectivity index (χ0n) is 20.6. The molecule has 0 saturated carbocycles. The first kappa shape index (κ1) is 24.7. The third-order valence-electron chi connectivity index (χ3n) is 6.06. The molecule has 0 amide bonds. The second kappa shape index (κ2) is 11.3. The number of hydrogen-bond acceptors (Lipinski definition) is 8. The van der Waals surface area contributed by atoms with Crippen molar-refractivity contribution in [2.75, 3.05) is 71.5 Å². The normalized spacial score (nSPS) is 14.5. The Morgan fingerprint density at radius 3 is 2.51 bits per heavy atom. The molecular formula is C26H33N5O4. The number of carbonyl (C=O) groups is 2. The largest absolute Gasteiger partial charge is 0.465 e. The lowest BCUT2D eigenvalue weighted by Gasteiger charge is -2.35. The molecule has 9 heteroatoms. The van der Waals surface area contributed by atoms with Gasteiger partial charge in [-0.3, -0.25) is 14.3 Å². The number of likely N-dealkylation sites (N-methyl/N-ethyl adjacent to an activating group) is 1. The zero-order valence-corrected chi connectivity index (χ0v) is 20.6. The highest BCUT2D eigenvalue weighted by molar-refractivity contribution is 5.94. The molecular weight excluding hydrogens is 446 g/mol. The van der Waals surface area contributed by atoms with E-state index in [1.807, 2.05) is 48.7 Å². The number of aromatic nitrogens is 2. The number of nitrogens with zero attached hydrogens (tertiary/aromatic N) is 5. The second-order valence-electron chi connectivity index (χ2n) is 8.85. The van der Waals surface area contributed by atoms with Crippen molar-refractivity contribution in [3.63, 3.8) is 0 Å². The van der Waals surface area contributed by atoms with Crippen LogP contribution in [-0.2, 0) is 14.3 Å². The Hall–Kier alpha value is -3.43. The van der Waals surface area contributed by atoms with Gasteiger partial charge in [-0.1, -0.05) is 6.07 Å². The minimum absolute atomic E-state index is 0.167. The molecule has 0 bridgehead atoms. The molecule has 1 aromatic heterocycles. The molecule has 0 aliphatic carbocycles.